The van der Waals surface area contributed by atoms with Crippen molar-refractivity contribution in [3.63, 3.8) is 0 Å². The Morgan fingerprint density at radius 2 is 1.87 bits per heavy atom. The first-order chi connectivity index (χ1) is 6.64. The minimum atomic E-state index is -4.72. The average molecular weight is 229 g/mol. The van der Waals surface area contributed by atoms with Crippen LogP contribution in [0.2, 0.25) is 0 Å². The van der Waals surface area contributed by atoms with Crippen molar-refractivity contribution in [3.8, 4) is 0 Å². The zero-order valence-corrected chi connectivity index (χ0v) is 8.45. The lowest BCUT2D eigenvalue weighted by Gasteiger charge is -2.27. The van der Waals surface area contributed by atoms with Crippen LogP contribution in [0, 0.1) is 0 Å². The van der Waals surface area contributed by atoms with Crippen molar-refractivity contribution in [3.05, 3.63) is 0 Å². The van der Waals surface area contributed by atoms with E-state index < -0.39 is 31.3 Å². The van der Waals surface area contributed by atoms with Crippen LogP contribution in [0.3, 0.4) is 0 Å². The van der Waals surface area contributed by atoms with E-state index in [1.807, 2.05) is 0 Å². The smallest absolute Gasteiger partial charge is 0.415 e. The van der Waals surface area contributed by atoms with Crippen LogP contribution in [-0.2, 0) is 4.79 Å². The first-order valence-electron chi connectivity index (χ1n) is 4.35. The molecule has 0 bridgehead atoms. The first kappa shape index (κ1) is 14.2. The number of carbonyl (C=O) groups is 1. The number of rotatable bonds is 5. The van der Waals surface area contributed by atoms with E-state index in [0.29, 0.717) is 0 Å². The summed E-state index contributed by atoms with van der Waals surface area (Å²) in [6.07, 6.45) is -7.23. The molecule has 0 rings (SSSR count). The number of carboxylic acids is 1. The Hall–Kier alpha value is -0.820. The lowest BCUT2D eigenvalue weighted by Crippen LogP contribution is -2.45. The van der Waals surface area contributed by atoms with Gasteiger partial charge < -0.3 is 10.2 Å². The fourth-order valence-corrected chi connectivity index (χ4v) is 0.957. The Morgan fingerprint density at radius 1 is 1.40 bits per heavy atom. The third-order valence-corrected chi connectivity index (χ3v) is 1.85. The van der Waals surface area contributed by atoms with Gasteiger partial charge in [0.1, 0.15) is 0 Å². The maximum absolute atomic E-state index is 12.0. The molecule has 1 atom stereocenters. The molecule has 15 heavy (non-hydrogen) atoms. The van der Waals surface area contributed by atoms with Gasteiger partial charge in [0.2, 0.25) is 0 Å². The van der Waals surface area contributed by atoms with Gasteiger partial charge in [-0.25, -0.2) is 0 Å². The molecule has 0 aromatic rings. The van der Waals surface area contributed by atoms with Gasteiger partial charge in [0.25, 0.3) is 0 Å². The van der Waals surface area contributed by atoms with Gasteiger partial charge in [-0.2, -0.15) is 13.2 Å². The Bertz CT molecular complexity index is 218. The minimum Gasteiger partial charge on any atom is -0.480 e. The molecule has 0 aliphatic heterocycles. The molecule has 0 aromatic carbocycles. The van der Waals surface area contributed by atoms with Crippen LogP contribution in [-0.4, -0.2) is 52.5 Å². The third-order valence-electron chi connectivity index (χ3n) is 1.85. The second kappa shape index (κ2) is 5.32. The quantitative estimate of drug-likeness (QED) is 0.728. The molecule has 0 radical (unpaired) electrons. The van der Waals surface area contributed by atoms with Gasteiger partial charge >= 0.3 is 12.1 Å². The molecule has 0 aliphatic rings. The molecule has 2 N–H and O–H groups in total. The van der Waals surface area contributed by atoms with Gasteiger partial charge in [-0.15, -0.1) is 0 Å². The number of aliphatic carboxylic acids is 1. The van der Waals surface area contributed by atoms with Gasteiger partial charge in [0.05, 0.1) is 6.54 Å². The fourth-order valence-electron chi connectivity index (χ4n) is 0.957. The largest absolute Gasteiger partial charge is 0.480 e. The number of aliphatic hydroxyl groups excluding tert-OH is 1. The van der Waals surface area contributed by atoms with Crippen molar-refractivity contribution in [2.75, 3.05) is 13.1 Å². The summed E-state index contributed by atoms with van der Waals surface area (Å²) >= 11 is 0. The summed E-state index contributed by atoms with van der Waals surface area (Å²) in [5, 5.41) is 17.2. The molecule has 7 heteroatoms. The van der Waals surface area contributed by atoms with E-state index in [1.54, 1.807) is 13.8 Å². The van der Waals surface area contributed by atoms with Gasteiger partial charge in [0, 0.05) is 12.6 Å². The van der Waals surface area contributed by atoms with Crippen LogP contribution in [0.25, 0.3) is 0 Å². The highest BCUT2D eigenvalue weighted by Gasteiger charge is 2.39. The monoisotopic (exact) mass is 229 g/mol. The van der Waals surface area contributed by atoms with Crippen LogP contribution in [0.4, 0.5) is 13.2 Å². The molecular formula is C8H14F3NO3. The lowest BCUT2D eigenvalue weighted by atomic mass is 10.2. The van der Waals surface area contributed by atoms with Gasteiger partial charge in [0.15, 0.2) is 6.10 Å². The maximum Gasteiger partial charge on any atom is 0.415 e. The van der Waals surface area contributed by atoms with E-state index in [-0.39, 0.29) is 6.04 Å². The predicted octanol–water partition coefficient (Wildman–Crippen LogP) is 0.705. The molecule has 0 heterocycles. The van der Waals surface area contributed by atoms with Crippen molar-refractivity contribution in [2.24, 2.45) is 0 Å². The fraction of sp³-hybridized carbons (Fsp3) is 0.875. The highest BCUT2D eigenvalue weighted by Crippen LogP contribution is 2.21. The van der Waals surface area contributed by atoms with Crippen molar-refractivity contribution in [2.45, 2.75) is 32.2 Å². The molecule has 0 amide bonds. The molecule has 0 aliphatic carbocycles. The summed E-state index contributed by atoms with van der Waals surface area (Å²) in [5.74, 6) is -1.22. The van der Waals surface area contributed by atoms with Crippen LogP contribution < -0.4 is 0 Å². The van der Waals surface area contributed by atoms with E-state index in [0.717, 1.165) is 4.90 Å². The average Bonchev–Trinajstić information content (AvgIpc) is 1.99. The molecule has 90 valence electrons. The van der Waals surface area contributed by atoms with Crippen LogP contribution in [0.5, 0.6) is 0 Å². The standard InChI is InChI=1S/C8H14F3NO3/c1-5(2)12(4-7(14)15)3-6(13)8(9,10)11/h5-6,13H,3-4H2,1-2H3,(H,14,15). The third kappa shape index (κ3) is 5.58. The number of hydrogen-bond acceptors (Lipinski definition) is 3. The summed E-state index contributed by atoms with van der Waals surface area (Å²) < 4.78 is 36.0. The molecule has 0 aromatic heterocycles. The Morgan fingerprint density at radius 3 is 2.13 bits per heavy atom. The van der Waals surface area contributed by atoms with Gasteiger partial charge in [-0.3, -0.25) is 9.69 Å². The molecule has 0 saturated heterocycles. The number of hydrogen-bond donors (Lipinski definition) is 2. The number of nitrogens with zero attached hydrogens (tertiary/aromatic N) is 1. The number of alkyl halides is 3. The van der Waals surface area contributed by atoms with Crippen molar-refractivity contribution in [1.29, 1.82) is 0 Å². The van der Waals surface area contributed by atoms with E-state index in [2.05, 4.69) is 0 Å². The predicted molar refractivity (Wildman–Crippen MR) is 46.4 cm³/mol. The number of aliphatic hydroxyl groups is 1. The summed E-state index contributed by atoms with van der Waals surface area (Å²) in [6, 6.07) is -0.377. The highest BCUT2D eigenvalue weighted by atomic mass is 19.4. The van der Waals surface area contributed by atoms with Gasteiger partial charge in [-0.1, -0.05) is 0 Å². The summed E-state index contributed by atoms with van der Waals surface area (Å²) in [7, 11) is 0. The van der Waals surface area contributed by atoms with Crippen molar-refractivity contribution in [1.82, 2.24) is 4.90 Å². The van der Waals surface area contributed by atoms with E-state index in [1.165, 1.54) is 0 Å². The van der Waals surface area contributed by atoms with Crippen LogP contribution in [0.1, 0.15) is 13.8 Å². The Labute approximate surface area is 85.3 Å². The Balaban J connectivity index is 4.35. The zero-order valence-electron chi connectivity index (χ0n) is 8.45. The lowest BCUT2D eigenvalue weighted by molar-refractivity contribution is -0.209. The topological polar surface area (TPSA) is 60.8 Å². The highest BCUT2D eigenvalue weighted by molar-refractivity contribution is 5.69. The number of carboxylic acid groups (broad SMARTS) is 1. The van der Waals surface area contributed by atoms with E-state index in [4.69, 9.17) is 10.2 Å². The minimum absolute atomic E-state index is 0.377. The molecule has 4 nitrogen and oxygen atoms in total. The molecule has 0 fully saturated rings. The SMILES string of the molecule is CC(C)N(CC(=O)O)CC(O)C(F)(F)F. The van der Waals surface area contributed by atoms with Crippen LogP contribution in [0.15, 0.2) is 0 Å². The van der Waals surface area contributed by atoms with E-state index in [9.17, 15) is 18.0 Å². The first-order valence-corrected chi connectivity index (χ1v) is 4.35. The van der Waals surface area contributed by atoms with Crippen molar-refractivity contribution < 1.29 is 28.2 Å². The Kier molecular flexibility index (Phi) is 5.02. The summed E-state index contributed by atoms with van der Waals surface area (Å²) in [5.41, 5.74) is 0. The molecular weight excluding hydrogens is 215 g/mol. The molecule has 0 saturated carbocycles. The van der Waals surface area contributed by atoms with Gasteiger partial charge in [-0.05, 0) is 13.8 Å². The molecule has 1 unspecified atom stereocenters. The summed E-state index contributed by atoms with van der Waals surface area (Å²) in [6.45, 7) is 1.87. The molecule has 0 spiro atoms. The second-order valence-electron chi connectivity index (χ2n) is 3.47. The zero-order chi connectivity index (χ0) is 12.2. The summed E-state index contributed by atoms with van der Waals surface area (Å²) in [4.78, 5) is 11.4. The second-order valence-corrected chi connectivity index (χ2v) is 3.47. The van der Waals surface area contributed by atoms with E-state index >= 15 is 0 Å². The normalized spacial score (nSPS) is 14.7. The maximum atomic E-state index is 12.0. The van der Waals surface area contributed by atoms with Crippen LogP contribution >= 0.6 is 0 Å². The number of halogens is 3. The van der Waals surface area contributed by atoms with Crippen molar-refractivity contribution >= 4 is 5.97 Å².